The quantitative estimate of drug-likeness (QED) is 0.368. The molecule has 0 saturated carbocycles. The zero-order chi connectivity index (χ0) is 10.4. The van der Waals surface area contributed by atoms with Gasteiger partial charge in [-0.2, -0.15) is 0 Å². The van der Waals surface area contributed by atoms with Gasteiger partial charge in [0.2, 0.25) is 0 Å². The van der Waals surface area contributed by atoms with Crippen molar-refractivity contribution < 1.29 is 20.2 Å². The van der Waals surface area contributed by atoms with Crippen molar-refractivity contribution in [3.8, 4) is 0 Å². The highest BCUT2D eigenvalue weighted by atomic mass is 16.5. The average Bonchev–Trinajstić information content (AvgIpc) is 2.04. The Balaban J connectivity index is -0.000000118. The number of unbranched alkanes of at least 4 members (excludes halogenated alkanes) is 3. The van der Waals surface area contributed by atoms with Crippen LogP contribution in [0.15, 0.2) is 0 Å². The highest BCUT2D eigenvalue weighted by molar-refractivity contribution is 6.30. The molecule has 0 amide bonds. The lowest BCUT2D eigenvalue weighted by molar-refractivity contribution is 0.278. The van der Waals surface area contributed by atoms with Crippen molar-refractivity contribution in [1.29, 1.82) is 0 Å². The molecule has 0 aromatic heterocycles. The van der Waals surface area contributed by atoms with E-state index in [0.717, 1.165) is 7.11 Å². The van der Waals surface area contributed by atoms with Gasteiger partial charge in [-0.3, -0.25) is 0 Å². The Morgan fingerprint density at radius 2 is 1.00 bits per heavy atom. The van der Waals surface area contributed by atoms with Crippen LogP contribution in [0.5, 0.6) is 0 Å². The molecule has 5 heteroatoms. The number of aliphatic hydroxyl groups is 1. The maximum Gasteiger partial charge on any atom is 0.631 e. The smallest absolute Gasteiger partial charge is 0.402 e. The molecule has 0 aromatic rings. The molecular weight excluding hydrogens is 159 g/mol. The fraction of sp³-hybridized carbons (Fsp3) is 1.00. The van der Waals surface area contributed by atoms with E-state index >= 15 is 0 Å². The molecule has 0 aliphatic rings. The fourth-order valence-electron chi connectivity index (χ4n) is 0.500. The van der Waals surface area contributed by atoms with Crippen molar-refractivity contribution in [3.63, 3.8) is 0 Å². The minimum absolute atomic E-state index is 1.00. The summed E-state index contributed by atoms with van der Waals surface area (Å²) in [4.78, 5) is 0. The van der Waals surface area contributed by atoms with Gasteiger partial charge in [0.05, 0.1) is 0 Å². The highest BCUT2D eigenvalue weighted by Gasteiger charge is 1.92. The Kier molecular flexibility index (Phi) is 33.4. The first-order valence-electron chi connectivity index (χ1n) is 4.14. The second-order valence-electron chi connectivity index (χ2n) is 2.05. The van der Waals surface area contributed by atoms with E-state index < -0.39 is 7.32 Å². The first kappa shape index (κ1) is 17.9. The third kappa shape index (κ3) is 93.1. The van der Waals surface area contributed by atoms with Crippen LogP contribution in [-0.2, 0) is 0 Å². The Morgan fingerprint density at radius 3 is 1.08 bits per heavy atom. The van der Waals surface area contributed by atoms with Gasteiger partial charge in [-0.25, -0.2) is 0 Å². The maximum atomic E-state index is 7.17. The normalized spacial score (nSPS) is 7.25. The molecule has 0 aromatic carbocycles. The molecule has 0 heterocycles. The first-order chi connectivity index (χ1) is 5.65. The summed E-state index contributed by atoms with van der Waals surface area (Å²) in [5.74, 6) is 0. The van der Waals surface area contributed by atoms with E-state index in [-0.39, 0.29) is 0 Å². The number of hydrogen-bond acceptors (Lipinski definition) is 4. The molecule has 0 rings (SSSR count). The summed E-state index contributed by atoms with van der Waals surface area (Å²) >= 11 is 0. The number of hydrogen-bond donors (Lipinski definition) is 4. The van der Waals surface area contributed by atoms with Crippen LogP contribution in [-0.4, -0.2) is 34.6 Å². The van der Waals surface area contributed by atoms with Gasteiger partial charge < -0.3 is 20.2 Å². The predicted octanol–water partition coefficient (Wildman–Crippen LogP) is 0.143. The third-order valence-electron chi connectivity index (χ3n) is 0.957. The third-order valence-corrected chi connectivity index (χ3v) is 0.957. The van der Waals surface area contributed by atoms with Crippen LogP contribution in [0.25, 0.3) is 0 Å². The van der Waals surface area contributed by atoms with Gasteiger partial charge in [0.25, 0.3) is 0 Å². The zero-order valence-electron chi connectivity index (χ0n) is 8.19. The van der Waals surface area contributed by atoms with E-state index in [0.29, 0.717) is 0 Å². The van der Waals surface area contributed by atoms with Crippen molar-refractivity contribution in [2.45, 2.75) is 39.5 Å². The van der Waals surface area contributed by atoms with E-state index in [1.165, 1.54) is 25.7 Å². The van der Waals surface area contributed by atoms with E-state index in [9.17, 15) is 0 Å². The number of aliphatic hydroxyl groups excluding tert-OH is 1. The van der Waals surface area contributed by atoms with E-state index in [4.69, 9.17) is 20.2 Å². The topological polar surface area (TPSA) is 80.9 Å². The molecule has 76 valence electrons. The molecule has 0 radical (unpaired) electrons. The molecule has 12 heavy (non-hydrogen) atoms. The molecule has 4 N–H and O–H groups in total. The number of rotatable bonds is 3. The Labute approximate surface area is 75.0 Å². The van der Waals surface area contributed by atoms with Crippen LogP contribution in [0, 0.1) is 0 Å². The summed E-state index contributed by atoms with van der Waals surface area (Å²) in [6, 6.07) is 0. The largest absolute Gasteiger partial charge is 0.631 e. The lowest BCUT2D eigenvalue weighted by Crippen LogP contribution is -2.07. The van der Waals surface area contributed by atoms with Crippen LogP contribution in [0.1, 0.15) is 39.5 Å². The van der Waals surface area contributed by atoms with Gasteiger partial charge in [0.15, 0.2) is 0 Å². The summed E-state index contributed by atoms with van der Waals surface area (Å²) in [7, 11) is -1.17. The highest BCUT2D eigenvalue weighted by Crippen LogP contribution is 1.95. The summed E-state index contributed by atoms with van der Waals surface area (Å²) in [5, 5.41) is 28.5. The monoisotopic (exact) mass is 180 g/mol. The van der Waals surface area contributed by atoms with E-state index in [2.05, 4.69) is 13.8 Å². The molecule has 0 aliphatic carbocycles. The standard InChI is InChI=1S/C6H14.CH4O.BH3O3/c1-3-5-6-4-2;1-2;2-1(3)4/h3-6H2,1-2H3;2H,1H3;2-4H. The lowest BCUT2D eigenvalue weighted by Gasteiger charge is -1.86. The van der Waals surface area contributed by atoms with Crippen LogP contribution in [0.3, 0.4) is 0 Å². The van der Waals surface area contributed by atoms with Crippen LogP contribution in [0.4, 0.5) is 0 Å². The second-order valence-corrected chi connectivity index (χ2v) is 2.05. The first-order valence-corrected chi connectivity index (χ1v) is 4.14. The van der Waals surface area contributed by atoms with Crippen LogP contribution in [0.2, 0.25) is 0 Å². The molecule has 0 saturated heterocycles. The minimum atomic E-state index is -2.17. The van der Waals surface area contributed by atoms with Crippen molar-refractivity contribution in [2.24, 2.45) is 0 Å². The van der Waals surface area contributed by atoms with Gasteiger partial charge in [-0.1, -0.05) is 39.5 Å². The molecule has 4 nitrogen and oxygen atoms in total. The van der Waals surface area contributed by atoms with Gasteiger partial charge in [-0.05, 0) is 0 Å². The molecule has 0 aliphatic heterocycles. The van der Waals surface area contributed by atoms with E-state index in [1.807, 2.05) is 0 Å². The van der Waals surface area contributed by atoms with Crippen LogP contribution < -0.4 is 0 Å². The van der Waals surface area contributed by atoms with Gasteiger partial charge in [0.1, 0.15) is 0 Å². The van der Waals surface area contributed by atoms with Crippen molar-refractivity contribution in [3.05, 3.63) is 0 Å². The lowest BCUT2D eigenvalue weighted by atomic mass is 10.2. The Hall–Kier alpha value is -0.0951. The molecule has 0 fully saturated rings. The maximum absolute atomic E-state index is 7.17. The summed E-state index contributed by atoms with van der Waals surface area (Å²) < 4.78 is 0. The van der Waals surface area contributed by atoms with Crippen molar-refractivity contribution in [1.82, 2.24) is 0 Å². The van der Waals surface area contributed by atoms with E-state index in [1.54, 1.807) is 0 Å². The fourth-order valence-corrected chi connectivity index (χ4v) is 0.500. The SMILES string of the molecule is CCCCCC.CO.OB(O)O. The Morgan fingerprint density at radius 1 is 0.833 bits per heavy atom. The molecule has 0 bridgehead atoms. The summed E-state index contributed by atoms with van der Waals surface area (Å²) in [6.45, 7) is 4.46. The van der Waals surface area contributed by atoms with Gasteiger partial charge in [-0.15, -0.1) is 0 Å². The second kappa shape index (κ2) is 22.4. The van der Waals surface area contributed by atoms with Crippen molar-refractivity contribution >= 4 is 7.32 Å². The predicted molar refractivity (Wildman–Crippen MR) is 50.4 cm³/mol. The summed E-state index contributed by atoms with van der Waals surface area (Å²) in [5.41, 5.74) is 0. The van der Waals surface area contributed by atoms with Gasteiger partial charge in [0, 0.05) is 7.11 Å². The summed E-state index contributed by atoms with van der Waals surface area (Å²) in [6.07, 6.45) is 5.54. The van der Waals surface area contributed by atoms with Gasteiger partial charge >= 0.3 is 7.32 Å². The van der Waals surface area contributed by atoms with Crippen LogP contribution >= 0.6 is 0 Å². The Bertz CT molecular complexity index is 45.9. The molecule has 0 unspecified atom stereocenters. The average molecular weight is 180 g/mol. The molecule has 0 spiro atoms. The minimum Gasteiger partial charge on any atom is -0.402 e. The molecular formula is C7H21BO4. The molecule has 0 atom stereocenters. The van der Waals surface area contributed by atoms with Crippen molar-refractivity contribution in [2.75, 3.05) is 7.11 Å². The zero-order valence-corrected chi connectivity index (χ0v) is 8.19.